The van der Waals surface area contributed by atoms with E-state index >= 15 is 0 Å². The second-order valence-corrected chi connectivity index (χ2v) is 9.93. The zero-order chi connectivity index (χ0) is 25.5. The maximum atomic E-state index is 13.4. The van der Waals surface area contributed by atoms with Crippen molar-refractivity contribution in [3.8, 4) is 0 Å². The quantitative estimate of drug-likeness (QED) is 0.381. The minimum Gasteiger partial charge on any atom is -0.354 e. The Kier molecular flexibility index (Phi) is 9.13. The number of carbonyl (C=O) groups excluding carboxylic acids is 2. The van der Waals surface area contributed by atoms with Crippen molar-refractivity contribution in [2.75, 3.05) is 23.7 Å². The number of nitrogens with one attached hydrogen (secondary N) is 1. The van der Waals surface area contributed by atoms with Crippen molar-refractivity contribution in [3.05, 3.63) is 69.8 Å². The monoisotopic (exact) mass is 490 g/mol. The van der Waals surface area contributed by atoms with Gasteiger partial charge in [-0.3, -0.25) is 24.0 Å². The molecule has 1 atom stereocenters. The van der Waals surface area contributed by atoms with E-state index in [2.05, 4.69) is 5.32 Å². The molecule has 2 amide bonds. The molecule has 1 N–H and O–H groups in total. The van der Waals surface area contributed by atoms with Gasteiger partial charge in [-0.1, -0.05) is 42.8 Å². The van der Waals surface area contributed by atoms with Crippen LogP contribution in [0.1, 0.15) is 31.4 Å². The molecule has 184 valence electrons. The van der Waals surface area contributed by atoms with E-state index in [9.17, 15) is 28.1 Å². The van der Waals surface area contributed by atoms with Crippen LogP contribution >= 0.6 is 0 Å². The summed E-state index contributed by atoms with van der Waals surface area (Å²) in [5.41, 5.74) is 1.49. The van der Waals surface area contributed by atoms with E-state index in [-0.39, 0.29) is 23.8 Å². The minimum absolute atomic E-state index is 0.0107. The van der Waals surface area contributed by atoms with Gasteiger partial charge in [-0.15, -0.1) is 0 Å². The smallest absolute Gasteiger partial charge is 0.271 e. The molecule has 0 aromatic heterocycles. The highest BCUT2D eigenvalue weighted by Gasteiger charge is 2.30. The topological polar surface area (TPSA) is 130 Å². The molecular weight excluding hydrogens is 460 g/mol. The number of nitro groups is 1. The molecule has 1 unspecified atom stereocenters. The number of aryl methyl sites for hydroxylation is 1. The number of hydrogen-bond donors (Lipinski definition) is 1. The van der Waals surface area contributed by atoms with Crippen molar-refractivity contribution >= 4 is 33.2 Å². The Morgan fingerprint density at radius 1 is 1.15 bits per heavy atom. The van der Waals surface area contributed by atoms with Gasteiger partial charge in [0.15, 0.2) is 0 Å². The van der Waals surface area contributed by atoms with Crippen molar-refractivity contribution in [1.82, 2.24) is 10.2 Å². The van der Waals surface area contributed by atoms with Crippen LogP contribution in [0.4, 0.5) is 11.4 Å². The summed E-state index contributed by atoms with van der Waals surface area (Å²) in [5.74, 6) is -0.972. The number of nitrogens with zero attached hydrogens (tertiary/aromatic N) is 3. The molecule has 0 bridgehead atoms. The van der Waals surface area contributed by atoms with Crippen LogP contribution in [0.2, 0.25) is 0 Å². The fraction of sp³-hybridized carbons (Fsp3) is 0.391. The largest absolute Gasteiger partial charge is 0.354 e. The summed E-state index contributed by atoms with van der Waals surface area (Å²) in [5, 5.41) is 13.9. The number of non-ortho nitro benzene ring substituents is 1. The molecule has 11 heteroatoms. The normalized spacial score (nSPS) is 12.0. The summed E-state index contributed by atoms with van der Waals surface area (Å²) >= 11 is 0. The zero-order valence-corrected chi connectivity index (χ0v) is 20.5. The van der Waals surface area contributed by atoms with Gasteiger partial charge in [-0.2, -0.15) is 0 Å². The first-order chi connectivity index (χ1) is 15.9. The van der Waals surface area contributed by atoms with Crippen molar-refractivity contribution in [1.29, 1.82) is 0 Å². The lowest BCUT2D eigenvalue weighted by molar-refractivity contribution is -0.384. The number of hydrogen-bond acceptors (Lipinski definition) is 6. The summed E-state index contributed by atoms with van der Waals surface area (Å²) in [6.45, 7) is 5.33. The Balaban J connectivity index is 2.40. The van der Waals surface area contributed by atoms with Crippen molar-refractivity contribution in [2.45, 2.75) is 39.8 Å². The summed E-state index contributed by atoms with van der Waals surface area (Å²) in [6, 6.07) is 11.6. The van der Waals surface area contributed by atoms with Crippen LogP contribution in [0, 0.1) is 17.0 Å². The van der Waals surface area contributed by atoms with Crippen LogP contribution in [0.25, 0.3) is 0 Å². The standard InChI is InChI=1S/C23H30N4O6S/c1-5-13-24-23(29)18(3)25(15-19-11-9-17(2)10-12-19)22(28)16-26(34(4,32)33)20-7-6-8-21(14-20)27(30)31/h6-12,14,18H,5,13,15-16H2,1-4H3,(H,24,29). The lowest BCUT2D eigenvalue weighted by Gasteiger charge is -2.31. The molecule has 2 rings (SSSR count). The number of carbonyl (C=O) groups is 2. The van der Waals surface area contributed by atoms with Crippen molar-refractivity contribution in [2.24, 2.45) is 0 Å². The number of anilines is 1. The van der Waals surface area contributed by atoms with Gasteiger partial charge in [0, 0.05) is 25.2 Å². The zero-order valence-electron chi connectivity index (χ0n) is 19.7. The molecule has 0 fully saturated rings. The Hall–Kier alpha value is -3.47. The molecular formula is C23H30N4O6S. The average Bonchev–Trinajstić information content (AvgIpc) is 2.79. The molecule has 0 spiro atoms. The number of rotatable bonds is 11. The molecule has 10 nitrogen and oxygen atoms in total. The van der Waals surface area contributed by atoms with Gasteiger partial charge >= 0.3 is 0 Å². The first-order valence-electron chi connectivity index (χ1n) is 10.8. The van der Waals surface area contributed by atoms with Gasteiger partial charge in [0.1, 0.15) is 12.6 Å². The molecule has 0 radical (unpaired) electrons. The van der Waals surface area contributed by atoms with E-state index in [1.54, 1.807) is 6.92 Å². The van der Waals surface area contributed by atoms with Crippen LogP contribution in [-0.4, -0.2) is 55.4 Å². The average molecular weight is 491 g/mol. The van der Waals surface area contributed by atoms with Crippen LogP contribution in [0.15, 0.2) is 48.5 Å². The number of amides is 2. The third-order valence-electron chi connectivity index (χ3n) is 5.20. The number of nitro benzene ring substituents is 1. The van der Waals surface area contributed by atoms with Gasteiger partial charge < -0.3 is 10.2 Å². The summed E-state index contributed by atoms with van der Waals surface area (Å²) in [7, 11) is -3.96. The van der Waals surface area contributed by atoms with Crippen molar-refractivity contribution in [3.63, 3.8) is 0 Å². The van der Waals surface area contributed by atoms with E-state index in [4.69, 9.17) is 0 Å². The fourth-order valence-electron chi connectivity index (χ4n) is 3.24. The summed E-state index contributed by atoms with van der Waals surface area (Å²) in [4.78, 5) is 37.9. The lowest BCUT2D eigenvalue weighted by atomic mass is 10.1. The number of benzene rings is 2. The van der Waals surface area contributed by atoms with E-state index in [1.807, 2.05) is 38.1 Å². The van der Waals surface area contributed by atoms with E-state index < -0.39 is 33.4 Å². The number of sulfonamides is 1. The first kappa shape index (κ1) is 26.8. The second-order valence-electron chi connectivity index (χ2n) is 8.02. The van der Waals surface area contributed by atoms with Gasteiger partial charge in [-0.25, -0.2) is 8.42 Å². The van der Waals surface area contributed by atoms with Crippen LogP contribution in [-0.2, 0) is 26.2 Å². The van der Waals surface area contributed by atoms with E-state index in [1.165, 1.54) is 23.1 Å². The minimum atomic E-state index is -3.96. The molecule has 2 aromatic rings. The molecule has 0 saturated carbocycles. The second kappa shape index (κ2) is 11.6. The van der Waals surface area contributed by atoms with Crippen LogP contribution < -0.4 is 9.62 Å². The molecule has 2 aromatic carbocycles. The Labute approximate surface area is 199 Å². The predicted molar refractivity (Wildman–Crippen MR) is 130 cm³/mol. The molecule has 0 aliphatic carbocycles. The highest BCUT2D eigenvalue weighted by Crippen LogP contribution is 2.24. The Morgan fingerprint density at radius 2 is 1.79 bits per heavy atom. The third kappa shape index (κ3) is 7.27. The van der Waals surface area contributed by atoms with Gasteiger partial charge in [0.2, 0.25) is 21.8 Å². The molecule has 0 heterocycles. The maximum absolute atomic E-state index is 13.4. The van der Waals surface area contributed by atoms with E-state index in [0.717, 1.165) is 34.2 Å². The van der Waals surface area contributed by atoms with Gasteiger partial charge in [0.05, 0.1) is 16.9 Å². The maximum Gasteiger partial charge on any atom is 0.271 e. The van der Waals surface area contributed by atoms with Gasteiger partial charge in [0.25, 0.3) is 5.69 Å². The summed E-state index contributed by atoms with van der Waals surface area (Å²) < 4.78 is 25.8. The Bertz CT molecular complexity index is 1130. The highest BCUT2D eigenvalue weighted by atomic mass is 32.2. The SMILES string of the molecule is CCCNC(=O)C(C)N(Cc1ccc(C)cc1)C(=O)CN(c1cccc([N+](=O)[O-])c1)S(C)(=O)=O. The van der Waals surface area contributed by atoms with Gasteiger partial charge in [-0.05, 0) is 31.9 Å². The van der Waals surface area contributed by atoms with Crippen molar-refractivity contribution < 1.29 is 22.9 Å². The van der Waals surface area contributed by atoms with Crippen LogP contribution in [0.3, 0.4) is 0 Å². The fourth-order valence-corrected chi connectivity index (χ4v) is 4.09. The predicted octanol–water partition coefficient (Wildman–Crippen LogP) is 2.61. The van der Waals surface area contributed by atoms with E-state index in [0.29, 0.717) is 6.54 Å². The first-order valence-corrected chi connectivity index (χ1v) is 12.6. The third-order valence-corrected chi connectivity index (χ3v) is 6.34. The highest BCUT2D eigenvalue weighted by molar-refractivity contribution is 7.92. The lowest BCUT2D eigenvalue weighted by Crippen LogP contribution is -2.51. The molecule has 0 saturated heterocycles. The molecule has 34 heavy (non-hydrogen) atoms. The molecule has 0 aliphatic heterocycles. The Morgan fingerprint density at radius 3 is 2.35 bits per heavy atom. The summed E-state index contributed by atoms with van der Waals surface area (Å²) in [6.07, 6.45) is 1.64. The van der Waals surface area contributed by atoms with Crippen LogP contribution in [0.5, 0.6) is 0 Å². The molecule has 0 aliphatic rings.